The van der Waals surface area contributed by atoms with E-state index in [1.165, 1.54) is 38.5 Å². The van der Waals surface area contributed by atoms with E-state index in [2.05, 4.69) is 39.6 Å². The Morgan fingerprint density at radius 3 is 2.40 bits per heavy atom. The zero-order chi connectivity index (χ0) is 25.2. The Morgan fingerprint density at radius 1 is 0.914 bits per heavy atom. The molecule has 0 heterocycles. The molecule has 0 spiro atoms. The van der Waals surface area contributed by atoms with Crippen molar-refractivity contribution in [3.8, 4) is 0 Å². The summed E-state index contributed by atoms with van der Waals surface area (Å²) in [6, 6.07) is 0. The lowest BCUT2D eigenvalue weighted by atomic mass is 9.36. The molecule has 35 heavy (non-hydrogen) atoms. The molecule has 4 nitrogen and oxygen atoms in total. The van der Waals surface area contributed by atoms with Crippen LogP contribution in [0.4, 0.5) is 0 Å². The van der Waals surface area contributed by atoms with Gasteiger partial charge in [-0.15, -0.1) is 0 Å². The zero-order valence-corrected chi connectivity index (χ0v) is 22.6. The first-order valence-electron chi connectivity index (χ1n) is 14.5. The summed E-state index contributed by atoms with van der Waals surface area (Å²) in [6.07, 6.45) is 15.6. The van der Waals surface area contributed by atoms with Crippen LogP contribution in [0.2, 0.25) is 0 Å². The molecule has 5 rings (SSSR count). The number of aliphatic hydroxyl groups is 2. The van der Waals surface area contributed by atoms with E-state index in [0.717, 1.165) is 38.0 Å². The number of hydrogen-bond acceptors (Lipinski definition) is 3. The van der Waals surface area contributed by atoms with Gasteiger partial charge in [0.05, 0.1) is 18.1 Å². The minimum atomic E-state index is -0.239. The van der Waals surface area contributed by atoms with Crippen molar-refractivity contribution in [3.05, 3.63) is 24.5 Å². The molecular formula is C31H49NO3. The Bertz CT molecular complexity index is 894. The van der Waals surface area contributed by atoms with Crippen molar-refractivity contribution in [3.63, 3.8) is 0 Å². The van der Waals surface area contributed by atoms with Crippen LogP contribution in [-0.4, -0.2) is 28.8 Å². The van der Waals surface area contributed by atoms with Crippen molar-refractivity contribution in [1.82, 2.24) is 5.32 Å². The second-order valence-corrected chi connectivity index (χ2v) is 14.1. The molecule has 0 aromatic rings. The van der Waals surface area contributed by atoms with Gasteiger partial charge in [-0.2, -0.15) is 0 Å². The molecule has 196 valence electrons. The summed E-state index contributed by atoms with van der Waals surface area (Å²) in [5, 5.41) is 24.0. The fraction of sp³-hybridized carbons (Fsp3) is 0.839. The van der Waals surface area contributed by atoms with Gasteiger partial charge >= 0.3 is 0 Å². The maximum Gasteiger partial charge on any atom is 0.226 e. The molecule has 5 aliphatic carbocycles. The van der Waals surface area contributed by atoms with Crippen LogP contribution in [0.3, 0.4) is 0 Å². The smallest absolute Gasteiger partial charge is 0.226 e. The number of rotatable bonds is 4. The van der Waals surface area contributed by atoms with Gasteiger partial charge in [-0.25, -0.2) is 0 Å². The van der Waals surface area contributed by atoms with Crippen LogP contribution in [0.15, 0.2) is 24.5 Å². The Kier molecular flexibility index (Phi) is 6.26. The van der Waals surface area contributed by atoms with Gasteiger partial charge in [0.15, 0.2) is 0 Å². The number of carbonyl (C=O) groups excluding carboxylic acids is 1. The number of hydrogen-bond donors (Lipinski definition) is 3. The van der Waals surface area contributed by atoms with E-state index in [-0.39, 0.29) is 35.1 Å². The fourth-order valence-electron chi connectivity index (χ4n) is 11.1. The van der Waals surface area contributed by atoms with Crippen LogP contribution in [0.1, 0.15) is 98.3 Å². The normalized spacial score (nSPS) is 48.7. The first-order chi connectivity index (χ1) is 16.5. The van der Waals surface area contributed by atoms with E-state index in [0.29, 0.717) is 34.5 Å². The van der Waals surface area contributed by atoms with Gasteiger partial charge in [-0.05, 0) is 116 Å². The molecule has 0 aromatic carbocycles. The van der Waals surface area contributed by atoms with E-state index >= 15 is 0 Å². The first-order valence-corrected chi connectivity index (χ1v) is 14.5. The fourth-order valence-corrected chi connectivity index (χ4v) is 11.1. The maximum atomic E-state index is 13.6. The summed E-state index contributed by atoms with van der Waals surface area (Å²) in [6.45, 7) is 13.7. The molecular weight excluding hydrogens is 434 g/mol. The van der Waals surface area contributed by atoms with Crippen LogP contribution >= 0.6 is 0 Å². The minimum Gasteiger partial charge on any atom is -0.510 e. The third-order valence-corrected chi connectivity index (χ3v) is 12.7. The second kappa shape index (κ2) is 8.64. The summed E-state index contributed by atoms with van der Waals surface area (Å²) in [7, 11) is 0. The number of amides is 1. The van der Waals surface area contributed by atoms with Crippen LogP contribution in [0.5, 0.6) is 0 Å². The molecule has 0 bridgehead atoms. The van der Waals surface area contributed by atoms with Crippen molar-refractivity contribution in [2.45, 2.75) is 104 Å². The van der Waals surface area contributed by atoms with Gasteiger partial charge < -0.3 is 15.5 Å². The molecule has 0 saturated heterocycles. The zero-order valence-electron chi connectivity index (χ0n) is 22.6. The lowest BCUT2D eigenvalue weighted by Gasteiger charge is -2.69. The predicted molar refractivity (Wildman–Crippen MR) is 141 cm³/mol. The number of aliphatic hydroxyl groups excluding tert-OH is 2. The number of fused-ring (bicyclic) bond motifs is 7. The van der Waals surface area contributed by atoms with Crippen LogP contribution in [-0.2, 0) is 4.79 Å². The monoisotopic (exact) mass is 483 g/mol. The van der Waals surface area contributed by atoms with E-state index < -0.39 is 0 Å². The third kappa shape index (κ3) is 3.59. The highest BCUT2D eigenvalue weighted by Crippen LogP contribution is 2.72. The van der Waals surface area contributed by atoms with Crippen LogP contribution < -0.4 is 5.32 Å². The van der Waals surface area contributed by atoms with E-state index in [4.69, 9.17) is 0 Å². The Balaban J connectivity index is 1.39. The molecule has 9 unspecified atom stereocenters. The average molecular weight is 484 g/mol. The lowest BCUT2D eigenvalue weighted by Crippen LogP contribution is -2.63. The largest absolute Gasteiger partial charge is 0.510 e. The van der Waals surface area contributed by atoms with E-state index in [9.17, 15) is 15.0 Å². The molecule has 3 N–H and O–H groups in total. The Labute approximate surface area is 213 Å². The highest BCUT2D eigenvalue weighted by Gasteiger charge is 2.66. The standard InChI is InChI=1S/C31H49NO3/c1-6-8-20(33)19-32-27(35)31-15-7-9-23(31)21-10-11-25-29(4,22(21)12-18-31)16-13-24-28(2,3)26(34)14-17-30(24,25)5/h6,8,21-26,33-34H,1,7,9-19H2,2-5H3,(H,32,35)/b20-8-. The van der Waals surface area contributed by atoms with Crippen molar-refractivity contribution < 1.29 is 15.0 Å². The number of nitrogens with one attached hydrogen (secondary N) is 1. The highest BCUT2D eigenvalue weighted by molar-refractivity contribution is 5.83. The summed E-state index contributed by atoms with van der Waals surface area (Å²) in [4.78, 5) is 13.6. The van der Waals surface area contributed by atoms with Gasteiger partial charge in [-0.3, -0.25) is 4.79 Å². The molecule has 9 atom stereocenters. The molecule has 1 amide bonds. The molecule has 0 aromatic heterocycles. The van der Waals surface area contributed by atoms with Gasteiger partial charge in [0, 0.05) is 0 Å². The SMILES string of the molecule is C=C/C=C(\O)CNC(=O)C12CCCC1C1CCC3C(C)(CCC4C(C)(C)C(O)CCC43C)C1CC2. The summed E-state index contributed by atoms with van der Waals surface area (Å²) >= 11 is 0. The number of allylic oxidation sites excluding steroid dienone is 2. The summed E-state index contributed by atoms with van der Waals surface area (Å²) in [5.41, 5.74) is 0.430. The van der Waals surface area contributed by atoms with Crippen LogP contribution in [0, 0.1) is 51.2 Å². The molecule has 4 heteroatoms. The molecule has 5 aliphatic rings. The van der Waals surface area contributed by atoms with Gasteiger partial charge in [0.25, 0.3) is 0 Å². The van der Waals surface area contributed by atoms with Gasteiger partial charge in [0.1, 0.15) is 5.76 Å². The Morgan fingerprint density at radius 2 is 1.66 bits per heavy atom. The quantitative estimate of drug-likeness (QED) is 0.313. The molecule has 0 radical (unpaired) electrons. The molecule has 0 aliphatic heterocycles. The average Bonchev–Trinajstić information content (AvgIpc) is 3.26. The summed E-state index contributed by atoms with van der Waals surface area (Å²) in [5.74, 6) is 3.53. The van der Waals surface area contributed by atoms with Gasteiger partial charge in [0.2, 0.25) is 5.91 Å². The Hall–Kier alpha value is -1.29. The highest BCUT2D eigenvalue weighted by atomic mass is 16.3. The number of carbonyl (C=O) groups is 1. The topological polar surface area (TPSA) is 69.6 Å². The second-order valence-electron chi connectivity index (χ2n) is 14.1. The van der Waals surface area contributed by atoms with Crippen molar-refractivity contribution >= 4 is 5.91 Å². The minimum absolute atomic E-state index is 0.00203. The predicted octanol–water partition coefficient (Wildman–Crippen LogP) is 6.56. The van der Waals surface area contributed by atoms with Crippen molar-refractivity contribution in [2.24, 2.45) is 51.2 Å². The van der Waals surface area contributed by atoms with E-state index in [1.807, 2.05) is 0 Å². The van der Waals surface area contributed by atoms with Crippen molar-refractivity contribution in [1.29, 1.82) is 0 Å². The van der Waals surface area contributed by atoms with E-state index in [1.54, 1.807) is 12.2 Å². The third-order valence-electron chi connectivity index (χ3n) is 12.7. The van der Waals surface area contributed by atoms with Crippen LogP contribution in [0.25, 0.3) is 0 Å². The molecule has 5 fully saturated rings. The van der Waals surface area contributed by atoms with Gasteiger partial charge in [-0.1, -0.05) is 46.8 Å². The summed E-state index contributed by atoms with van der Waals surface area (Å²) < 4.78 is 0. The van der Waals surface area contributed by atoms with Crippen molar-refractivity contribution in [2.75, 3.05) is 6.54 Å². The molecule has 5 saturated carbocycles. The first kappa shape index (κ1) is 25.4. The lowest BCUT2D eigenvalue weighted by molar-refractivity contribution is -0.214. The maximum absolute atomic E-state index is 13.6.